The lowest BCUT2D eigenvalue weighted by Gasteiger charge is -2.12. The molecule has 1 amide bonds. The van der Waals surface area contributed by atoms with Crippen LogP contribution in [0.1, 0.15) is 10.4 Å². The molecule has 144 valence electrons. The van der Waals surface area contributed by atoms with Crippen LogP contribution < -0.4 is 14.8 Å². The van der Waals surface area contributed by atoms with E-state index in [0.29, 0.717) is 22.7 Å². The number of amides is 1. The number of nitrogens with one attached hydrogen (secondary N) is 1. The Bertz CT molecular complexity index is 1170. The molecule has 0 aliphatic rings. The smallest absolute Gasteiger partial charge is 0.259 e. The van der Waals surface area contributed by atoms with Gasteiger partial charge in [-0.05, 0) is 30.3 Å². The number of carbonyl (C=O) groups excluding carboxylic acids is 1. The van der Waals surface area contributed by atoms with E-state index >= 15 is 0 Å². The predicted molar refractivity (Wildman–Crippen MR) is 115 cm³/mol. The van der Waals surface area contributed by atoms with Crippen LogP contribution in [-0.4, -0.2) is 25.1 Å². The molecule has 1 N–H and O–H groups in total. The SMILES string of the molecule is COc1ccccc1C(=O)Nc1ccc2nc(-c3ccccc3)cc(OC)c2c1. The van der Waals surface area contributed by atoms with Gasteiger partial charge in [-0.2, -0.15) is 0 Å². The fourth-order valence-corrected chi connectivity index (χ4v) is 3.23. The summed E-state index contributed by atoms with van der Waals surface area (Å²) < 4.78 is 10.9. The number of fused-ring (bicyclic) bond motifs is 1. The van der Waals surface area contributed by atoms with Crippen LogP contribution >= 0.6 is 0 Å². The molecule has 0 saturated carbocycles. The number of benzene rings is 3. The molecule has 1 aromatic heterocycles. The standard InChI is InChI=1S/C24H20N2O3/c1-28-22-11-7-6-10-18(22)24(27)25-17-12-13-20-19(14-17)23(29-2)15-21(26-20)16-8-4-3-5-9-16/h3-15H,1-2H3,(H,25,27). The molecule has 29 heavy (non-hydrogen) atoms. The van der Waals surface area contributed by atoms with Gasteiger partial charge < -0.3 is 14.8 Å². The zero-order valence-corrected chi connectivity index (χ0v) is 16.2. The Morgan fingerprint density at radius 2 is 1.55 bits per heavy atom. The number of anilines is 1. The number of rotatable bonds is 5. The van der Waals surface area contributed by atoms with Gasteiger partial charge in [0.1, 0.15) is 11.5 Å². The van der Waals surface area contributed by atoms with E-state index in [1.54, 1.807) is 32.4 Å². The van der Waals surface area contributed by atoms with Gasteiger partial charge >= 0.3 is 0 Å². The normalized spacial score (nSPS) is 10.6. The summed E-state index contributed by atoms with van der Waals surface area (Å²) in [6.07, 6.45) is 0. The summed E-state index contributed by atoms with van der Waals surface area (Å²) in [5, 5.41) is 3.74. The minimum Gasteiger partial charge on any atom is -0.496 e. The number of methoxy groups -OCH3 is 2. The first kappa shape index (κ1) is 18.5. The lowest BCUT2D eigenvalue weighted by Crippen LogP contribution is -2.13. The van der Waals surface area contributed by atoms with Crippen LogP contribution in [0.2, 0.25) is 0 Å². The first-order chi connectivity index (χ1) is 14.2. The van der Waals surface area contributed by atoms with E-state index in [1.165, 1.54) is 0 Å². The van der Waals surface area contributed by atoms with Crippen LogP contribution in [0, 0.1) is 0 Å². The van der Waals surface area contributed by atoms with Crippen molar-refractivity contribution in [2.75, 3.05) is 19.5 Å². The van der Waals surface area contributed by atoms with E-state index in [4.69, 9.17) is 14.5 Å². The molecule has 0 radical (unpaired) electrons. The van der Waals surface area contributed by atoms with Gasteiger partial charge in [0.25, 0.3) is 5.91 Å². The fraction of sp³-hybridized carbons (Fsp3) is 0.0833. The topological polar surface area (TPSA) is 60.5 Å². The summed E-state index contributed by atoms with van der Waals surface area (Å²) in [6.45, 7) is 0. The highest BCUT2D eigenvalue weighted by molar-refractivity contribution is 6.07. The first-order valence-corrected chi connectivity index (χ1v) is 9.18. The van der Waals surface area contributed by atoms with Crippen molar-refractivity contribution in [3.63, 3.8) is 0 Å². The second-order valence-corrected chi connectivity index (χ2v) is 6.46. The van der Waals surface area contributed by atoms with Crippen molar-refractivity contribution in [1.82, 2.24) is 4.98 Å². The lowest BCUT2D eigenvalue weighted by molar-refractivity contribution is 0.102. The Hall–Kier alpha value is -3.86. The number of nitrogens with zero attached hydrogens (tertiary/aromatic N) is 1. The van der Waals surface area contributed by atoms with Crippen molar-refractivity contribution in [1.29, 1.82) is 0 Å². The Kier molecular flexibility index (Phi) is 5.12. The lowest BCUT2D eigenvalue weighted by atomic mass is 10.1. The molecular formula is C24H20N2O3. The van der Waals surface area contributed by atoms with Crippen molar-refractivity contribution < 1.29 is 14.3 Å². The van der Waals surface area contributed by atoms with Gasteiger partial charge in [0.2, 0.25) is 0 Å². The van der Waals surface area contributed by atoms with Crippen molar-refractivity contribution in [3.05, 3.63) is 84.4 Å². The Balaban J connectivity index is 1.70. The van der Waals surface area contributed by atoms with Crippen molar-refractivity contribution in [2.24, 2.45) is 0 Å². The van der Waals surface area contributed by atoms with Crippen LogP contribution in [0.15, 0.2) is 78.9 Å². The van der Waals surface area contributed by atoms with E-state index in [-0.39, 0.29) is 5.91 Å². The average molecular weight is 384 g/mol. The average Bonchev–Trinajstić information content (AvgIpc) is 2.78. The van der Waals surface area contributed by atoms with E-state index < -0.39 is 0 Å². The fourth-order valence-electron chi connectivity index (χ4n) is 3.23. The third-order valence-corrected chi connectivity index (χ3v) is 4.67. The number of hydrogen-bond donors (Lipinski definition) is 1. The number of pyridine rings is 1. The summed E-state index contributed by atoms with van der Waals surface area (Å²) in [5.74, 6) is 0.981. The molecule has 0 spiro atoms. The highest BCUT2D eigenvalue weighted by atomic mass is 16.5. The highest BCUT2D eigenvalue weighted by Gasteiger charge is 2.13. The number of carbonyl (C=O) groups is 1. The van der Waals surface area contributed by atoms with Gasteiger partial charge in [-0.1, -0.05) is 42.5 Å². The number of aromatic nitrogens is 1. The van der Waals surface area contributed by atoms with Crippen molar-refractivity contribution >= 4 is 22.5 Å². The second kappa shape index (κ2) is 8.02. The molecule has 0 aliphatic carbocycles. The minimum absolute atomic E-state index is 0.241. The zero-order valence-electron chi connectivity index (χ0n) is 16.2. The minimum atomic E-state index is -0.241. The maximum Gasteiger partial charge on any atom is 0.259 e. The van der Waals surface area contributed by atoms with Crippen molar-refractivity contribution in [3.8, 4) is 22.8 Å². The quantitative estimate of drug-likeness (QED) is 0.516. The van der Waals surface area contributed by atoms with E-state index in [2.05, 4.69) is 5.32 Å². The van der Waals surface area contributed by atoms with Crippen LogP contribution in [-0.2, 0) is 0 Å². The maximum atomic E-state index is 12.7. The summed E-state index contributed by atoms with van der Waals surface area (Å²) in [4.78, 5) is 17.4. The van der Waals surface area contributed by atoms with Gasteiger partial charge in [-0.15, -0.1) is 0 Å². The highest BCUT2D eigenvalue weighted by Crippen LogP contribution is 2.32. The molecule has 4 aromatic rings. The summed E-state index contributed by atoms with van der Waals surface area (Å²) >= 11 is 0. The van der Waals surface area contributed by atoms with Crippen LogP contribution in [0.5, 0.6) is 11.5 Å². The van der Waals surface area contributed by atoms with Crippen LogP contribution in [0.25, 0.3) is 22.2 Å². The molecule has 0 bridgehead atoms. The molecule has 3 aromatic carbocycles. The Morgan fingerprint density at radius 1 is 0.828 bits per heavy atom. The van der Waals surface area contributed by atoms with Gasteiger partial charge in [-0.25, -0.2) is 4.98 Å². The third-order valence-electron chi connectivity index (χ3n) is 4.67. The van der Waals surface area contributed by atoms with Crippen LogP contribution in [0.3, 0.4) is 0 Å². The third kappa shape index (κ3) is 3.75. The Labute approximate surface area is 168 Å². The number of hydrogen-bond acceptors (Lipinski definition) is 4. The molecule has 0 fully saturated rings. The van der Waals surface area contributed by atoms with Crippen molar-refractivity contribution in [2.45, 2.75) is 0 Å². The second-order valence-electron chi connectivity index (χ2n) is 6.46. The monoisotopic (exact) mass is 384 g/mol. The summed E-state index contributed by atoms with van der Waals surface area (Å²) in [7, 11) is 3.17. The molecule has 0 unspecified atom stereocenters. The van der Waals surface area contributed by atoms with E-state index in [9.17, 15) is 4.79 Å². The first-order valence-electron chi connectivity index (χ1n) is 9.18. The van der Waals surface area contributed by atoms with Crippen LogP contribution in [0.4, 0.5) is 5.69 Å². The maximum absolute atomic E-state index is 12.7. The Morgan fingerprint density at radius 3 is 2.31 bits per heavy atom. The molecule has 0 aliphatic heterocycles. The molecule has 4 rings (SSSR count). The molecule has 5 heteroatoms. The molecule has 0 atom stereocenters. The predicted octanol–water partition coefficient (Wildman–Crippen LogP) is 5.17. The van der Waals surface area contributed by atoms with E-state index in [0.717, 1.165) is 22.2 Å². The molecular weight excluding hydrogens is 364 g/mol. The largest absolute Gasteiger partial charge is 0.496 e. The number of ether oxygens (including phenoxy) is 2. The van der Waals surface area contributed by atoms with Gasteiger partial charge in [-0.3, -0.25) is 4.79 Å². The summed E-state index contributed by atoms with van der Waals surface area (Å²) in [6, 6.07) is 24.5. The molecule has 0 saturated heterocycles. The number of para-hydroxylation sites is 1. The van der Waals surface area contributed by atoms with Gasteiger partial charge in [0.05, 0.1) is 31.0 Å². The van der Waals surface area contributed by atoms with Gasteiger partial charge in [0, 0.05) is 22.7 Å². The zero-order chi connectivity index (χ0) is 20.2. The molecule has 5 nitrogen and oxygen atoms in total. The summed E-state index contributed by atoms with van der Waals surface area (Å²) in [5.41, 5.74) is 3.76. The van der Waals surface area contributed by atoms with Gasteiger partial charge in [0.15, 0.2) is 0 Å². The van der Waals surface area contributed by atoms with E-state index in [1.807, 2.05) is 60.7 Å². The molecule has 1 heterocycles.